The summed E-state index contributed by atoms with van der Waals surface area (Å²) in [4.78, 5) is 10.6. The van der Waals surface area contributed by atoms with Crippen LogP contribution in [-0.2, 0) is 0 Å². The summed E-state index contributed by atoms with van der Waals surface area (Å²) in [5.41, 5.74) is 0.283. The van der Waals surface area contributed by atoms with Crippen molar-refractivity contribution in [2.24, 2.45) is 0 Å². The van der Waals surface area contributed by atoms with Crippen molar-refractivity contribution in [3.8, 4) is 0 Å². The molecule has 0 aliphatic heterocycles. The maximum Gasteiger partial charge on any atom is 0.335 e. The molecule has 2 nitrogen and oxygen atoms in total. The molecule has 58 valence electrons. The highest BCUT2D eigenvalue weighted by molar-refractivity contribution is 14.1. The Bertz CT molecular complexity index is 373. The van der Waals surface area contributed by atoms with Crippen LogP contribution in [0.5, 0.6) is 0 Å². The number of halogens is 1. The van der Waals surface area contributed by atoms with Gasteiger partial charge in [-0.1, -0.05) is 6.07 Å². The number of carbonyl (C=O) groups is 1. The van der Waals surface area contributed by atoms with E-state index in [9.17, 15) is 4.79 Å². The zero-order chi connectivity index (χ0) is 10.9. The fraction of sp³-hybridized carbons (Fsp3) is 0.125. The molecular formula is C8H7IO2. The fourth-order valence-electron chi connectivity index (χ4n) is 0.648. The first-order valence-electron chi connectivity index (χ1n) is 4.35. The van der Waals surface area contributed by atoms with Crippen LogP contribution in [0.25, 0.3) is 0 Å². The maximum atomic E-state index is 10.6. The highest BCUT2D eigenvalue weighted by Gasteiger charge is 2.02. The second-order valence-electron chi connectivity index (χ2n) is 2.00. The number of benzene rings is 1. The van der Waals surface area contributed by atoms with Crippen LogP contribution < -0.4 is 0 Å². The molecule has 0 aromatic heterocycles. The second-order valence-corrected chi connectivity index (χ2v) is 3.16. The number of hydrogen-bond acceptors (Lipinski definition) is 1. The third kappa shape index (κ3) is 1.92. The standard InChI is InChI=1S/C8H7IO2/c1-5-2-3-6(8(10)11)4-7(5)9/h2-4H,1H3,(H,10,11)/i1D3. The van der Waals surface area contributed by atoms with Crippen molar-refractivity contribution in [1.82, 2.24) is 0 Å². The van der Waals surface area contributed by atoms with Crippen LogP contribution in [-0.4, -0.2) is 11.1 Å². The highest BCUT2D eigenvalue weighted by atomic mass is 127. The Hall–Kier alpha value is -0.580. The van der Waals surface area contributed by atoms with Gasteiger partial charge in [-0.2, -0.15) is 0 Å². The smallest absolute Gasteiger partial charge is 0.335 e. The molecule has 1 aromatic rings. The Morgan fingerprint density at radius 2 is 2.45 bits per heavy atom. The van der Waals surface area contributed by atoms with Crippen molar-refractivity contribution in [1.29, 1.82) is 0 Å². The van der Waals surface area contributed by atoms with Crippen LogP contribution in [0.3, 0.4) is 0 Å². The molecule has 0 amide bonds. The van der Waals surface area contributed by atoms with Crippen LogP contribution in [0.2, 0.25) is 0 Å². The molecule has 0 bridgehead atoms. The maximum absolute atomic E-state index is 10.6. The molecule has 0 saturated carbocycles. The van der Waals surface area contributed by atoms with Gasteiger partial charge in [0.25, 0.3) is 0 Å². The van der Waals surface area contributed by atoms with E-state index in [1.54, 1.807) is 0 Å². The summed E-state index contributed by atoms with van der Waals surface area (Å²) >= 11 is 1.82. The zero-order valence-electron chi connectivity index (χ0n) is 8.47. The zero-order valence-corrected chi connectivity index (χ0v) is 7.62. The molecule has 0 radical (unpaired) electrons. The van der Waals surface area contributed by atoms with Gasteiger partial charge in [-0.3, -0.25) is 0 Å². The van der Waals surface area contributed by atoms with Gasteiger partial charge in [0.2, 0.25) is 0 Å². The van der Waals surface area contributed by atoms with Gasteiger partial charge in [-0.15, -0.1) is 0 Å². The fourth-order valence-corrected chi connectivity index (χ4v) is 1.16. The van der Waals surface area contributed by atoms with Gasteiger partial charge in [0.05, 0.1) is 5.56 Å². The average Bonchev–Trinajstić information content (AvgIpc) is 2.01. The number of hydrogen-bond donors (Lipinski definition) is 1. The third-order valence-electron chi connectivity index (χ3n) is 1.22. The molecule has 1 N–H and O–H groups in total. The van der Waals surface area contributed by atoms with E-state index in [0.29, 0.717) is 3.57 Å². The lowest BCUT2D eigenvalue weighted by Crippen LogP contribution is -1.96. The predicted molar refractivity (Wildman–Crippen MR) is 50.9 cm³/mol. The van der Waals surface area contributed by atoms with Gasteiger partial charge in [0.15, 0.2) is 0 Å². The van der Waals surface area contributed by atoms with Crippen molar-refractivity contribution in [3.05, 3.63) is 32.9 Å². The Balaban J connectivity index is 3.21. The number of rotatable bonds is 1. The monoisotopic (exact) mass is 265 g/mol. The van der Waals surface area contributed by atoms with Crippen LogP contribution in [0.15, 0.2) is 18.2 Å². The lowest BCUT2D eigenvalue weighted by molar-refractivity contribution is 0.0697. The number of carboxylic acids is 1. The summed E-state index contributed by atoms with van der Waals surface area (Å²) in [7, 11) is 0. The molecule has 0 unspecified atom stereocenters. The van der Waals surface area contributed by atoms with E-state index in [1.165, 1.54) is 18.2 Å². The SMILES string of the molecule is [2H]C([2H])([2H])c1ccc(C(=O)O)cc1I. The molecule has 0 saturated heterocycles. The van der Waals surface area contributed by atoms with Gasteiger partial charge in [-0.25, -0.2) is 4.79 Å². The number of carboxylic acid groups (broad SMARTS) is 1. The summed E-state index contributed by atoms with van der Waals surface area (Å²) in [6, 6.07) is 3.98. The normalized spacial score (nSPS) is 14.8. The Kier molecular flexibility index (Phi) is 1.50. The number of aryl methyl sites for hydroxylation is 1. The van der Waals surface area contributed by atoms with Crippen molar-refractivity contribution < 1.29 is 14.0 Å². The molecule has 0 spiro atoms. The lowest BCUT2D eigenvalue weighted by Gasteiger charge is -1.98. The Morgan fingerprint density at radius 1 is 1.73 bits per heavy atom. The van der Waals surface area contributed by atoms with Crippen molar-refractivity contribution in [3.63, 3.8) is 0 Å². The second kappa shape index (κ2) is 3.21. The molecule has 0 fully saturated rings. The predicted octanol–water partition coefficient (Wildman–Crippen LogP) is 2.30. The van der Waals surface area contributed by atoms with Gasteiger partial charge < -0.3 is 5.11 Å². The van der Waals surface area contributed by atoms with Crippen LogP contribution >= 0.6 is 22.6 Å². The number of aromatic carboxylic acids is 1. The first-order valence-corrected chi connectivity index (χ1v) is 3.93. The topological polar surface area (TPSA) is 37.3 Å². The molecule has 0 aliphatic rings. The minimum absolute atomic E-state index is 0.0994. The summed E-state index contributed by atoms with van der Waals surface area (Å²) in [5.74, 6) is -1.06. The van der Waals surface area contributed by atoms with Crippen molar-refractivity contribution >= 4 is 28.6 Å². The first kappa shape index (κ1) is 5.13. The summed E-state index contributed by atoms with van der Waals surface area (Å²) in [6.07, 6.45) is 0. The lowest BCUT2D eigenvalue weighted by atomic mass is 10.2. The van der Waals surface area contributed by atoms with Gasteiger partial charge >= 0.3 is 5.97 Å². The van der Waals surface area contributed by atoms with E-state index in [-0.39, 0.29) is 11.1 Å². The molecule has 1 aromatic carbocycles. The van der Waals surface area contributed by atoms with Crippen LogP contribution in [0.1, 0.15) is 20.0 Å². The van der Waals surface area contributed by atoms with Gasteiger partial charge in [0.1, 0.15) is 0 Å². The van der Waals surface area contributed by atoms with Gasteiger partial charge in [0, 0.05) is 7.68 Å². The molecule has 3 heteroatoms. The molecule has 0 atom stereocenters. The Morgan fingerprint density at radius 3 is 2.91 bits per heavy atom. The molecular weight excluding hydrogens is 255 g/mol. The van der Waals surface area contributed by atoms with Gasteiger partial charge in [-0.05, 0) is 47.1 Å². The quantitative estimate of drug-likeness (QED) is 0.791. The van der Waals surface area contributed by atoms with Crippen LogP contribution in [0, 0.1) is 10.4 Å². The van der Waals surface area contributed by atoms with Crippen molar-refractivity contribution in [2.45, 2.75) is 6.85 Å². The third-order valence-corrected chi connectivity index (χ3v) is 2.11. The largest absolute Gasteiger partial charge is 0.478 e. The summed E-state index contributed by atoms with van der Waals surface area (Å²) in [5, 5.41) is 8.66. The van der Waals surface area contributed by atoms with Crippen molar-refractivity contribution in [2.75, 3.05) is 0 Å². The minimum atomic E-state index is -2.19. The average molecular weight is 265 g/mol. The van der Waals surface area contributed by atoms with E-state index in [2.05, 4.69) is 0 Å². The molecule has 0 heterocycles. The van der Waals surface area contributed by atoms with E-state index in [1.807, 2.05) is 22.6 Å². The Labute approximate surface area is 82.6 Å². The molecule has 1 rings (SSSR count). The summed E-state index contributed by atoms with van der Waals surface area (Å²) < 4.78 is 22.0. The van der Waals surface area contributed by atoms with E-state index in [4.69, 9.17) is 9.22 Å². The van der Waals surface area contributed by atoms with E-state index >= 15 is 0 Å². The van der Waals surface area contributed by atoms with Crippen LogP contribution in [0.4, 0.5) is 0 Å². The summed E-state index contributed by atoms with van der Waals surface area (Å²) in [6.45, 7) is -2.19. The van der Waals surface area contributed by atoms with E-state index in [0.717, 1.165) is 0 Å². The molecule has 11 heavy (non-hydrogen) atoms. The molecule has 0 aliphatic carbocycles. The minimum Gasteiger partial charge on any atom is -0.478 e. The highest BCUT2D eigenvalue weighted by Crippen LogP contribution is 2.13. The van der Waals surface area contributed by atoms with E-state index < -0.39 is 12.8 Å². The first-order chi connectivity index (χ1) is 6.32.